The van der Waals surface area contributed by atoms with E-state index in [0.717, 1.165) is 5.56 Å². The molecular weight excluding hydrogens is 282 g/mol. The Bertz CT molecular complexity index is 722. The number of benzene rings is 2. The summed E-state index contributed by atoms with van der Waals surface area (Å²) in [5, 5.41) is 11.2. The number of carbonyl (C=O) groups is 1. The van der Waals surface area contributed by atoms with E-state index in [1.165, 1.54) is 25.1 Å². The highest BCUT2D eigenvalue weighted by Crippen LogP contribution is 2.33. The summed E-state index contributed by atoms with van der Waals surface area (Å²) < 4.78 is 5.64. The van der Waals surface area contributed by atoms with Crippen molar-refractivity contribution in [2.24, 2.45) is 0 Å². The predicted molar refractivity (Wildman–Crippen MR) is 83.7 cm³/mol. The lowest BCUT2D eigenvalue weighted by atomic mass is 10.0. The Morgan fingerprint density at radius 3 is 2.50 bits per heavy atom. The minimum Gasteiger partial charge on any atom is -0.450 e. The SMILES string of the molecule is CC(=O)c1ccc(Oc2cccc(C(C)C)c2)c([N+](=O)[O-])c1. The molecule has 0 spiro atoms. The summed E-state index contributed by atoms with van der Waals surface area (Å²) in [5.74, 6) is 0.760. The summed E-state index contributed by atoms with van der Waals surface area (Å²) >= 11 is 0. The molecule has 0 aliphatic rings. The molecule has 0 N–H and O–H groups in total. The van der Waals surface area contributed by atoms with Crippen LogP contribution in [0.15, 0.2) is 42.5 Å². The highest BCUT2D eigenvalue weighted by Gasteiger charge is 2.18. The van der Waals surface area contributed by atoms with Gasteiger partial charge in [0, 0.05) is 11.6 Å². The third-order valence-corrected chi connectivity index (χ3v) is 3.31. The number of Topliss-reactive ketones (excluding diaryl/α,β-unsaturated/α-hetero) is 1. The number of nitro benzene ring substituents is 1. The van der Waals surface area contributed by atoms with Gasteiger partial charge in [-0.15, -0.1) is 0 Å². The van der Waals surface area contributed by atoms with Gasteiger partial charge >= 0.3 is 5.69 Å². The van der Waals surface area contributed by atoms with E-state index in [1.807, 2.05) is 18.2 Å². The van der Waals surface area contributed by atoms with E-state index >= 15 is 0 Å². The summed E-state index contributed by atoms with van der Waals surface area (Å²) in [7, 11) is 0. The van der Waals surface area contributed by atoms with Crippen LogP contribution < -0.4 is 4.74 Å². The molecule has 5 nitrogen and oxygen atoms in total. The minimum atomic E-state index is -0.548. The molecule has 0 unspecified atom stereocenters. The Kier molecular flexibility index (Phi) is 4.56. The van der Waals surface area contributed by atoms with Crippen LogP contribution in [0.2, 0.25) is 0 Å². The van der Waals surface area contributed by atoms with Gasteiger partial charge in [0.2, 0.25) is 5.75 Å². The number of hydrogen-bond donors (Lipinski definition) is 0. The first-order valence-electron chi connectivity index (χ1n) is 6.95. The van der Waals surface area contributed by atoms with E-state index in [9.17, 15) is 14.9 Å². The lowest BCUT2D eigenvalue weighted by Crippen LogP contribution is -1.98. The number of rotatable bonds is 5. The van der Waals surface area contributed by atoms with Crippen LogP contribution in [-0.4, -0.2) is 10.7 Å². The van der Waals surface area contributed by atoms with Gasteiger partial charge < -0.3 is 4.74 Å². The Labute approximate surface area is 128 Å². The molecule has 22 heavy (non-hydrogen) atoms. The van der Waals surface area contributed by atoms with Crippen LogP contribution >= 0.6 is 0 Å². The van der Waals surface area contributed by atoms with E-state index in [2.05, 4.69) is 13.8 Å². The Morgan fingerprint density at radius 2 is 1.91 bits per heavy atom. The standard InChI is InChI=1S/C17H17NO4/c1-11(2)13-5-4-6-15(9-13)22-17-8-7-14(12(3)19)10-16(17)18(20)21/h4-11H,1-3H3. The lowest BCUT2D eigenvalue weighted by Gasteiger charge is -2.10. The van der Waals surface area contributed by atoms with Crippen molar-refractivity contribution in [2.45, 2.75) is 26.7 Å². The third-order valence-electron chi connectivity index (χ3n) is 3.31. The zero-order chi connectivity index (χ0) is 16.3. The second kappa shape index (κ2) is 6.39. The van der Waals surface area contributed by atoms with Crippen LogP contribution in [-0.2, 0) is 0 Å². The first kappa shape index (κ1) is 15.7. The number of nitro groups is 1. The lowest BCUT2D eigenvalue weighted by molar-refractivity contribution is -0.385. The van der Waals surface area contributed by atoms with Crippen molar-refractivity contribution in [2.75, 3.05) is 0 Å². The second-order valence-corrected chi connectivity index (χ2v) is 5.33. The Morgan fingerprint density at radius 1 is 1.18 bits per heavy atom. The maximum absolute atomic E-state index is 11.3. The summed E-state index contributed by atoms with van der Waals surface area (Å²) in [4.78, 5) is 22.0. The van der Waals surface area contributed by atoms with Gasteiger partial charge in [0.05, 0.1) is 4.92 Å². The number of nitrogens with zero attached hydrogens (tertiary/aromatic N) is 1. The quantitative estimate of drug-likeness (QED) is 0.455. The second-order valence-electron chi connectivity index (χ2n) is 5.33. The van der Waals surface area contributed by atoms with Crippen molar-refractivity contribution in [3.05, 3.63) is 63.7 Å². The van der Waals surface area contributed by atoms with E-state index in [0.29, 0.717) is 11.7 Å². The molecule has 2 rings (SSSR count). The number of ether oxygens (including phenoxy) is 1. The van der Waals surface area contributed by atoms with Crippen LogP contribution in [0.1, 0.15) is 42.6 Å². The molecule has 0 aliphatic carbocycles. The Hall–Kier alpha value is -2.69. The molecule has 0 fully saturated rings. The molecule has 0 heterocycles. The van der Waals surface area contributed by atoms with Crippen LogP contribution in [0, 0.1) is 10.1 Å². The third kappa shape index (κ3) is 3.49. The molecule has 5 heteroatoms. The van der Waals surface area contributed by atoms with Crippen molar-refractivity contribution in [1.82, 2.24) is 0 Å². The van der Waals surface area contributed by atoms with Gasteiger partial charge in [0.1, 0.15) is 5.75 Å². The predicted octanol–water partition coefficient (Wildman–Crippen LogP) is 4.71. The summed E-state index contributed by atoms with van der Waals surface area (Å²) in [5.41, 5.74) is 1.15. The first-order valence-corrected chi connectivity index (χ1v) is 6.95. The van der Waals surface area contributed by atoms with Gasteiger partial charge in [-0.2, -0.15) is 0 Å². The highest BCUT2D eigenvalue weighted by atomic mass is 16.6. The Balaban J connectivity index is 2.39. The van der Waals surface area contributed by atoms with E-state index < -0.39 is 4.92 Å². The molecule has 0 bridgehead atoms. The van der Waals surface area contributed by atoms with E-state index in [1.54, 1.807) is 6.07 Å². The molecule has 0 saturated carbocycles. The number of ketones is 1. The smallest absolute Gasteiger partial charge is 0.312 e. The van der Waals surface area contributed by atoms with Crippen molar-refractivity contribution in [1.29, 1.82) is 0 Å². The fraction of sp³-hybridized carbons (Fsp3) is 0.235. The van der Waals surface area contributed by atoms with Crippen molar-refractivity contribution in [3.63, 3.8) is 0 Å². The maximum Gasteiger partial charge on any atom is 0.312 e. The molecule has 2 aromatic rings. The van der Waals surface area contributed by atoms with Gasteiger partial charge in [-0.25, -0.2) is 0 Å². The fourth-order valence-electron chi connectivity index (χ4n) is 2.03. The minimum absolute atomic E-state index is 0.121. The van der Waals surface area contributed by atoms with Crippen molar-refractivity contribution >= 4 is 11.5 Å². The monoisotopic (exact) mass is 299 g/mol. The molecule has 0 radical (unpaired) electrons. The average molecular weight is 299 g/mol. The molecule has 0 aromatic heterocycles. The van der Waals surface area contributed by atoms with Gasteiger partial charge in [-0.05, 0) is 42.7 Å². The highest BCUT2D eigenvalue weighted by molar-refractivity contribution is 5.95. The van der Waals surface area contributed by atoms with Gasteiger partial charge in [0.25, 0.3) is 0 Å². The zero-order valence-electron chi connectivity index (χ0n) is 12.7. The maximum atomic E-state index is 11.3. The topological polar surface area (TPSA) is 69.4 Å². The van der Waals surface area contributed by atoms with Crippen LogP contribution in [0.5, 0.6) is 11.5 Å². The van der Waals surface area contributed by atoms with E-state index in [-0.39, 0.29) is 22.8 Å². The summed E-state index contributed by atoms with van der Waals surface area (Å²) in [6.45, 7) is 5.48. The molecular formula is C17H17NO4. The molecule has 114 valence electrons. The van der Waals surface area contributed by atoms with Crippen molar-refractivity contribution < 1.29 is 14.5 Å². The average Bonchev–Trinajstić information content (AvgIpc) is 2.47. The van der Waals surface area contributed by atoms with Crippen molar-refractivity contribution in [3.8, 4) is 11.5 Å². The van der Waals surface area contributed by atoms with Gasteiger partial charge in [0.15, 0.2) is 5.78 Å². The molecule has 0 amide bonds. The normalized spacial score (nSPS) is 10.5. The zero-order valence-corrected chi connectivity index (χ0v) is 12.7. The summed E-state index contributed by atoms with van der Waals surface area (Å²) in [6, 6.07) is 11.6. The molecule has 0 saturated heterocycles. The van der Waals surface area contributed by atoms with Gasteiger partial charge in [-0.1, -0.05) is 26.0 Å². The summed E-state index contributed by atoms with van der Waals surface area (Å²) in [6.07, 6.45) is 0. The van der Waals surface area contributed by atoms with E-state index in [4.69, 9.17) is 4.74 Å². The molecule has 2 aromatic carbocycles. The number of carbonyl (C=O) groups excluding carboxylic acids is 1. The number of hydrogen-bond acceptors (Lipinski definition) is 4. The van der Waals surface area contributed by atoms with Crippen LogP contribution in [0.25, 0.3) is 0 Å². The molecule has 0 atom stereocenters. The van der Waals surface area contributed by atoms with Crippen LogP contribution in [0.3, 0.4) is 0 Å². The van der Waals surface area contributed by atoms with Gasteiger partial charge in [-0.3, -0.25) is 14.9 Å². The largest absolute Gasteiger partial charge is 0.450 e. The molecule has 0 aliphatic heterocycles. The first-order chi connectivity index (χ1) is 10.4. The fourth-order valence-corrected chi connectivity index (χ4v) is 2.03. The van der Waals surface area contributed by atoms with Crippen LogP contribution in [0.4, 0.5) is 5.69 Å².